The SMILES string of the molecule is O=C1CC2(CCC2)ON1CC1CCCN1. The third-order valence-corrected chi connectivity index (χ3v) is 3.87. The van der Waals surface area contributed by atoms with Gasteiger partial charge >= 0.3 is 0 Å². The van der Waals surface area contributed by atoms with Crippen LogP contribution in [0.2, 0.25) is 0 Å². The van der Waals surface area contributed by atoms with Crippen molar-refractivity contribution in [2.75, 3.05) is 13.1 Å². The Kier molecular flexibility index (Phi) is 2.21. The van der Waals surface area contributed by atoms with Crippen LogP contribution in [-0.4, -0.2) is 35.7 Å². The van der Waals surface area contributed by atoms with E-state index in [1.54, 1.807) is 5.06 Å². The first-order valence-electron chi connectivity index (χ1n) is 6.00. The normalized spacial score (nSPS) is 33.7. The molecule has 2 heterocycles. The first kappa shape index (κ1) is 9.60. The van der Waals surface area contributed by atoms with Crippen molar-refractivity contribution in [3.63, 3.8) is 0 Å². The molecule has 84 valence electrons. The molecular weight excluding hydrogens is 192 g/mol. The molecule has 1 atom stereocenters. The number of carbonyl (C=O) groups is 1. The first-order chi connectivity index (χ1) is 7.27. The van der Waals surface area contributed by atoms with Gasteiger partial charge < -0.3 is 5.32 Å². The highest BCUT2D eigenvalue weighted by Crippen LogP contribution is 2.43. The van der Waals surface area contributed by atoms with Crippen LogP contribution in [0, 0.1) is 0 Å². The highest BCUT2D eigenvalue weighted by molar-refractivity contribution is 5.78. The zero-order chi connectivity index (χ0) is 10.3. The summed E-state index contributed by atoms with van der Waals surface area (Å²) in [6, 6.07) is 0.448. The van der Waals surface area contributed by atoms with Gasteiger partial charge in [-0.25, -0.2) is 5.06 Å². The predicted molar refractivity (Wildman–Crippen MR) is 55.0 cm³/mol. The van der Waals surface area contributed by atoms with E-state index < -0.39 is 0 Å². The third kappa shape index (κ3) is 1.66. The molecule has 15 heavy (non-hydrogen) atoms. The number of nitrogens with one attached hydrogen (secondary N) is 1. The summed E-state index contributed by atoms with van der Waals surface area (Å²) in [4.78, 5) is 17.5. The zero-order valence-electron chi connectivity index (χ0n) is 9.00. The van der Waals surface area contributed by atoms with Crippen LogP contribution in [0.1, 0.15) is 38.5 Å². The highest BCUT2D eigenvalue weighted by Gasteiger charge is 2.49. The quantitative estimate of drug-likeness (QED) is 0.734. The van der Waals surface area contributed by atoms with E-state index in [1.165, 1.54) is 19.3 Å². The van der Waals surface area contributed by atoms with Gasteiger partial charge in [-0.05, 0) is 38.6 Å². The van der Waals surface area contributed by atoms with E-state index in [1.807, 2.05) is 0 Å². The van der Waals surface area contributed by atoms with Crippen molar-refractivity contribution in [2.24, 2.45) is 0 Å². The van der Waals surface area contributed by atoms with Crippen LogP contribution in [0.4, 0.5) is 0 Å². The van der Waals surface area contributed by atoms with Crippen molar-refractivity contribution in [1.29, 1.82) is 0 Å². The Labute approximate surface area is 89.9 Å². The third-order valence-electron chi connectivity index (χ3n) is 3.87. The summed E-state index contributed by atoms with van der Waals surface area (Å²) in [7, 11) is 0. The monoisotopic (exact) mass is 210 g/mol. The van der Waals surface area contributed by atoms with E-state index >= 15 is 0 Å². The Morgan fingerprint density at radius 3 is 2.87 bits per heavy atom. The van der Waals surface area contributed by atoms with Crippen molar-refractivity contribution < 1.29 is 9.63 Å². The van der Waals surface area contributed by atoms with Crippen LogP contribution < -0.4 is 5.32 Å². The Balaban J connectivity index is 1.59. The summed E-state index contributed by atoms with van der Waals surface area (Å²) >= 11 is 0. The average Bonchev–Trinajstić information content (AvgIpc) is 2.74. The van der Waals surface area contributed by atoms with E-state index in [4.69, 9.17) is 4.84 Å². The molecule has 1 spiro atoms. The molecule has 4 nitrogen and oxygen atoms in total. The van der Waals surface area contributed by atoms with Crippen LogP contribution in [0.25, 0.3) is 0 Å². The maximum absolute atomic E-state index is 11.7. The smallest absolute Gasteiger partial charge is 0.249 e. The standard InChI is InChI=1S/C11H18N2O2/c14-10-7-11(4-2-5-11)15-13(10)8-9-3-1-6-12-9/h9,12H,1-8H2. The summed E-state index contributed by atoms with van der Waals surface area (Å²) in [6.45, 7) is 1.82. The second kappa shape index (κ2) is 3.46. The largest absolute Gasteiger partial charge is 0.312 e. The minimum atomic E-state index is -0.0876. The summed E-state index contributed by atoms with van der Waals surface area (Å²) in [6.07, 6.45) is 6.33. The summed E-state index contributed by atoms with van der Waals surface area (Å²) in [5.41, 5.74) is -0.0876. The Hall–Kier alpha value is -0.610. The number of hydroxylamine groups is 2. The minimum absolute atomic E-state index is 0.0876. The number of rotatable bonds is 2. The summed E-state index contributed by atoms with van der Waals surface area (Å²) in [5, 5.41) is 5.01. The van der Waals surface area contributed by atoms with Crippen LogP contribution in [-0.2, 0) is 9.63 Å². The molecule has 4 heteroatoms. The summed E-state index contributed by atoms with van der Waals surface area (Å²) in [5.74, 6) is 0.184. The van der Waals surface area contributed by atoms with Crippen LogP contribution in [0.5, 0.6) is 0 Å². The van der Waals surface area contributed by atoms with E-state index in [0.29, 0.717) is 12.5 Å². The average molecular weight is 210 g/mol. The molecule has 0 aromatic carbocycles. The van der Waals surface area contributed by atoms with Gasteiger partial charge in [0.15, 0.2) is 0 Å². The molecule has 1 saturated carbocycles. The second-order valence-corrected chi connectivity index (χ2v) is 5.05. The Morgan fingerprint density at radius 1 is 1.47 bits per heavy atom. The highest BCUT2D eigenvalue weighted by atomic mass is 16.7. The first-order valence-corrected chi connectivity index (χ1v) is 6.00. The van der Waals surface area contributed by atoms with Gasteiger partial charge in [0.1, 0.15) is 5.60 Å². The molecule has 2 aliphatic heterocycles. The van der Waals surface area contributed by atoms with Crippen molar-refractivity contribution >= 4 is 5.91 Å². The van der Waals surface area contributed by atoms with E-state index in [-0.39, 0.29) is 11.5 Å². The number of hydrogen-bond acceptors (Lipinski definition) is 3. The summed E-state index contributed by atoms with van der Waals surface area (Å²) < 4.78 is 0. The topological polar surface area (TPSA) is 41.6 Å². The van der Waals surface area contributed by atoms with Gasteiger partial charge in [-0.3, -0.25) is 9.63 Å². The van der Waals surface area contributed by atoms with E-state index in [9.17, 15) is 4.79 Å². The molecule has 3 fully saturated rings. The maximum atomic E-state index is 11.7. The fraction of sp³-hybridized carbons (Fsp3) is 0.909. The number of carbonyl (C=O) groups excluding carboxylic acids is 1. The molecule has 1 aliphatic carbocycles. The van der Waals surface area contributed by atoms with Gasteiger partial charge in [0, 0.05) is 6.04 Å². The Morgan fingerprint density at radius 2 is 2.33 bits per heavy atom. The van der Waals surface area contributed by atoms with Gasteiger partial charge in [-0.15, -0.1) is 0 Å². The molecule has 1 unspecified atom stereocenters. The number of hydrogen-bond donors (Lipinski definition) is 1. The van der Waals surface area contributed by atoms with Gasteiger partial charge in [-0.1, -0.05) is 0 Å². The molecule has 0 aromatic rings. The van der Waals surface area contributed by atoms with E-state index in [0.717, 1.165) is 25.9 Å². The molecule has 0 aromatic heterocycles. The lowest BCUT2D eigenvalue weighted by Gasteiger charge is -2.36. The molecule has 3 aliphatic rings. The maximum Gasteiger partial charge on any atom is 0.249 e. The molecule has 3 rings (SSSR count). The van der Waals surface area contributed by atoms with Crippen molar-refractivity contribution in [3.8, 4) is 0 Å². The molecule has 1 N–H and O–H groups in total. The predicted octanol–water partition coefficient (Wildman–Crippen LogP) is 0.825. The molecule has 0 bridgehead atoms. The van der Waals surface area contributed by atoms with Gasteiger partial charge in [0.05, 0.1) is 13.0 Å². The molecule has 1 amide bonds. The Bertz CT molecular complexity index is 270. The number of nitrogens with zero attached hydrogens (tertiary/aromatic N) is 1. The van der Waals surface area contributed by atoms with E-state index in [2.05, 4.69) is 5.32 Å². The zero-order valence-corrected chi connectivity index (χ0v) is 9.00. The second-order valence-electron chi connectivity index (χ2n) is 5.05. The van der Waals surface area contributed by atoms with Crippen molar-refractivity contribution in [3.05, 3.63) is 0 Å². The van der Waals surface area contributed by atoms with Crippen LogP contribution in [0.15, 0.2) is 0 Å². The lowest BCUT2D eigenvalue weighted by Crippen LogP contribution is -2.41. The molecular formula is C11H18N2O2. The van der Waals surface area contributed by atoms with Crippen molar-refractivity contribution in [2.45, 2.75) is 50.2 Å². The fourth-order valence-electron chi connectivity index (χ4n) is 2.77. The molecule has 0 radical (unpaired) electrons. The van der Waals surface area contributed by atoms with Gasteiger partial charge in [0.2, 0.25) is 5.91 Å². The fourth-order valence-corrected chi connectivity index (χ4v) is 2.77. The lowest BCUT2D eigenvalue weighted by atomic mass is 9.78. The van der Waals surface area contributed by atoms with Crippen LogP contribution in [0.3, 0.4) is 0 Å². The van der Waals surface area contributed by atoms with Crippen molar-refractivity contribution in [1.82, 2.24) is 10.4 Å². The minimum Gasteiger partial charge on any atom is -0.312 e. The van der Waals surface area contributed by atoms with Gasteiger partial charge in [0.25, 0.3) is 0 Å². The number of amides is 1. The molecule has 2 saturated heterocycles. The van der Waals surface area contributed by atoms with Crippen LogP contribution >= 0.6 is 0 Å². The van der Waals surface area contributed by atoms with Gasteiger partial charge in [-0.2, -0.15) is 0 Å². The lowest BCUT2D eigenvalue weighted by molar-refractivity contribution is -0.221.